The van der Waals surface area contributed by atoms with E-state index < -0.39 is 21.6 Å². The first-order valence-corrected chi connectivity index (χ1v) is 10.8. The van der Waals surface area contributed by atoms with Crippen LogP contribution >= 0.6 is 0 Å². The van der Waals surface area contributed by atoms with E-state index >= 15 is 0 Å². The smallest absolute Gasteiger partial charge is 0.319 e. The van der Waals surface area contributed by atoms with Gasteiger partial charge in [0.15, 0.2) is 15.6 Å². The SMILES string of the molecule is Cc1ccccc1-c1ccc(C)c(N(C)c2ccc(S(=O)(=O)CC(=O)O)cc2)c1. The third kappa shape index (κ3) is 4.49. The van der Waals surface area contributed by atoms with Gasteiger partial charge in [0.05, 0.1) is 4.90 Å². The molecular formula is C23H23NO4S. The van der Waals surface area contributed by atoms with E-state index in [4.69, 9.17) is 5.11 Å². The largest absolute Gasteiger partial charge is 0.480 e. The van der Waals surface area contributed by atoms with Gasteiger partial charge in [0.2, 0.25) is 0 Å². The molecule has 0 heterocycles. The molecule has 5 nitrogen and oxygen atoms in total. The van der Waals surface area contributed by atoms with Gasteiger partial charge in [0.25, 0.3) is 0 Å². The first-order chi connectivity index (χ1) is 13.7. The first kappa shape index (κ1) is 20.6. The summed E-state index contributed by atoms with van der Waals surface area (Å²) in [6, 6.07) is 20.8. The molecule has 0 radical (unpaired) electrons. The van der Waals surface area contributed by atoms with E-state index in [0.29, 0.717) is 0 Å². The highest BCUT2D eigenvalue weighted by molar-refractivity contribution is 7.92. The number of hydrogen-bond acceptors (Lipinski definition) is 4. The molecule has 0 aliphatic heterocycles. The van der Waals surface area contributed by atoms with Crippen molar-refractivity contribution in [1.82, 2.24) is 0 Å². The minimum absolute atomic E-state index is 0.00225. The van der Waals surface area contributed by atoms with Crippen molar-refractivity contribution in [2.45, 2.75) is 18.7 Å². The predicted octanol–water partition coefficient (Wildman–Crippen LogP) is 4.60. The number of carboxylic acid groups (broad SMARTS) is 1. The zero-order valence-corrected chi connectivity index (χ0v) is 17.4. The second-order valence-corrected chi connectivity index (χ2v) is 9.01. The van der Waals surface area contributed by atoms with Crippen LogP contribution in [0.2, 0.25) is 0 Å². The summed E-state index contributed by atoms with van der Waals surface area (Å²) in [5.41, 5.74) is 6.37. The van der Waals surface area contributed by atoms with E-state index in [9.17, 15) is 13.2 Å². The molecular weight excluding hydrogens is 386 g/mol. The molecule has 150 valence electrons. The van der Waals surface area contributed by atoms with Gasteiger partial charge in [-0.25, -0.2) is 8.42 Å². The van der Waals surface area contributed by atoms with Crippen LogP contribution < -0.4 is 4.90 Å². The van der Waals surface area contributed by atoms with Crippen LogP contribution in [0.15, 0.2) is 71.6 Å². The molecule has 0 atom stereocenters. The minimum Gasteiger partial charge on any atom is -0.480 e. The molecule has 0 aromatic heterocycles. The van der Waals surface area contributed by atoms with Crippen molar-refractivity contribution in [3.63, 3.8) is 0 Å². The summed E-state index contributed by atoms with van der Waals surface area (Å²) >= 11 is 0. The van der Waals surface area contributed by atoms with Gasteiger partial charge >= 0.3 is 5.97 Å². The van der Waals surface area contributed by atoms with Crippen LogP contribution in [-0.2, 0) is 14.6 Å². The van der Waals surface area contributed by atoms with E-state index in [0.717, 1.165) is 28.1 Å². The summed E-state index contributed by atoms with van der Waals surface area (Å²) < 4.78 is 24.2. The van der Waals surface area contributed by atoms with Crippen LogP contribution in [0.1, 0.15) is 11.1 Å². The molecule has 0 saturated heterocycles. The Hall–Kier alpha value is -3.12. The third-order valence-electron chi connectivity index (χ3n) is 4.92. The number of aryl methyl sites for hydroxylation is 2. The summed E-state index contributed by atoms with van der Waals surface area (Å²) in [5.74, 6) is -2.28. The van der Waals surface area contributed by atoms with Crippen molar-refractivity contribution in [2.24, 2.45) is 0 Å². The fraction of sp³-hybridized carbons (Fsp3) is 0.174. The summed E-state index contributed by atoms with van der Waals surface area (Å²) in [5, 5.41) is 8.78. The highest BCUT2D eigenvalue weighted by atomic mass is 32.2. The molecule has 0 amide bonds. The molecule has 6 heteroatoms. The Labute approximate surface area is 171 Å². The molecule has 3 rings (SSSR count). The zero-order chi connectivity index (χ0) is 21.2. The number of rotatable bonds is 6. The molecule has 0 aliphatic rings. The molecule has 0 spiro atoms. The number of benzene rings is 3. The number of sulfone groups is 1. The Kier molecular flexibility index (Phi) is 5.75. The molecule has 0 saturated carbocycles. The minimum atomic E-state index is -3.84. The maximum atomic E-state index is 12.1. The van der Waals surface area contributed by atoms with Crippen molar-refractivity contribution in [2.75, 3.05) is 17.7 Å². The molecule has 3 aromatic rings. The van der Waals surface area contributed by atoms with Gasteiger partial charge in [0.1, 0.15) is 0 Å². The Bertz CT molecular complexity index is 1150. The Morgan fingerprint density at radius 2 is 1.59 bits per heavy atom. The van der Waals surface area contributed by atoms with Crippen molar-refractivity contribution in [3.05, 3.63) is 77.9 Å². The maximum absolute atomic E-state index is 12.1. The lowest BCUT2D eigenvalue weighted by atomic mass is 9.98. The molecule has 1 N–H and O–H groups in total. The number of carboxylic acids is 1. The van der Waals surface area contributed by atoms with E-state index in [1.165, 1.54) is 17.7 Å². The van der Waals surface area contributed by atoms with E-state index in [2.05, 4.69) is 37.3 Å². The van der Waals surface area contributed by atoms with Crippen LogP contribution in [0.3, 0.4) is 0 Å². The van der Waals surface area contributed by atoms with Crippen LogP contribution in [0.5, 0.6) is 0 Å². The predicted molar refractivity (Wildman–Crippen MR) is 116 cm³/mol. The van der Waals surface area contributed by atoms with E-state index in [-0.39, 0.29) is 4.90 Å². The molecule has 0 aliphatic carbocycles. The van der Waals surface area contributed by atoms with Crippen LogP contribution in [-0.4, -0.2) is 32.3 Å². The maximum Gasteiger partial charge on any atom is 0.319 e. The number of hydrogen-bond donors (Lipinski definition) is 1. The molecule has 29 heavy (non-hydrogen) atoms. The Balaban J connectivity index is 1.95. The second-order valence-electron chi connectivity index (χ2n) is 7.02. The molecule has 0 bridgehead atoms. The van der Waals surface area contributed by atoms with Crippen LogP contribution in [0, 0.1) is 13.8 Å². The molecule has 0 unspecified atom stereocenters. The topological polar surface area (TPSA) is 74.7 Å². The Morgan fingerprint density at radius 3 is 2.21 bits per heavy atom. The number of anilines is 2. The molecule has 3 aromatic carbocycles. The van der Waals surface area contributed by atoms with Gasteiger partial charge < -0.3 is 10.0 Å². The second kappa shape index (κ2) is 8.09. The standard InChI is InChI=1S/C23H23NO4S/c1-16-6-4-5-7-21(16)18-9-8-17(2)22(14-18)24(3)19-10-12-20(13-11-19)29(27,28)15-23(25)26/h4-14H,15H2,1-3H3,(H,25,26). The van der Waals surface area contributed by atoms with E-state index in [1.807, 2.05) is 31.0 Å². The van der Waals surface area contributed by atoms with Crippen LogP contribution in [0.4, 0.5) is 11.4 Å². The highest BCUT2D eigenvalue weighted by Gasteiger charge is 2.19. The van der Waals surface area contributed by atoms with Gasteiger partial charge in [-0.3, -0.25) is 4.79 Å². The highest BCUT2D eigenvalue weighted by Crippen LogP contribution is 2.33. The van der Waals surface area contributed by atoms with Crippen molar-refractivity contribution >= 4 is 27.2 Å². The lowest BCUT2D eigenvalue weighted by molar-refractivity contribution is -0.134. The lowest BCUT2D eigenvalue weighted by Crippen LogP contribution is -2.16. The van der Waals surface area contributed by atoms with Crippen LogP contribution in [0.25, 0.3) is 11.1 Å². The monoisotopic (exact) mass is 409 g/mol. The fourth-order valence-corrected chi connectivity index (χ4v) is 4.34. The summed E-state index contributed by atoms with van der Waals surface area (Å²) in [4.78, 5) is 12.8. The summed E-state index contributed by atoms with van der Waals surface area (Å²) in [7, 11) is -1.92. The van der Waals surface area contributed by atoms with Gasteiger partial charge in [-0.05, 0) is 66.4 Å². The summed E-state index contributed by atoms with van der Waals surface area (Å²) in [6.45, 7) is 4.11. The average Bonchev–Trinajstić information content (AvgIpc) is 2.67. The van der Waals surface area contributed by atoms with Gasteiger partial charge in [-0.2, -0.15) is 0 Å². The van der Waals surface area contributed by atoms with Gasteiger partial charge in [-0.15, -0.1) is 0 Å². The Morgan fingerprint density at radius 1 is 0.931 bits per heavy atom. The van der Waals surface area contributed by atoms with Crippen molar-refractivity contribution in [1.29, 1.82) is 0 Å². The fourth-order valence-electron chi connectivity index (χ4n) is 3.30. The van der Waals surface area contributed by atoms with Crippen molar-refractivity contribution < 1.29 is 18.3 Å². The van der Waals surface area contributed by atoms with Gasteiger partial charge in [-0.1, -0.05) is 36.4 Å². The van der Waals surface area contributed by atoms with E-state index in [1.54, 1.807) is 12.1 Å². The lowest BCUT2D eigenvalue weighted by Gasteiger charge is -2.23. The van der Waals surface area contributed by atoms with Gasteiger partial charge in [0, 0.05) is 18.4 Å². The zero-order valence-electron chi connectivity index (χ0n) is 16.6. The molecule has 0 fully saturated rings. The number of nitrogens with zero attached hydrogens (tertiary/aromatic N) is 1. The summed E-state index contributed by atoms with van der Waals surface area (Å²) in [6.07, 6.45) is 0. The quantitative estimate of drug-likeness (QED) is 0.644. The number of aliphatic carboxylic acids is 1. The number of carbonyl (C=O) groups is 1. The normalized spacial score (nSPS) is 11.3. The van der Waals surface area contributed by atoms with Crippen molar-refractivity contribution in [3.8, 4) is 11.1 Å². The first-order valence-electron chi connectivity index (χ1n) is 9.14. The average molecular weight is 410 g/mol. The third-order valence-corrected chi connectivity index (χ3v) is 6.54.